The van der Waals surface area contributed by atoms with Gasteiger partial charge in [0.05, 0.1) is 5.69 Å². The summed E-state index contributed by atoms with van der Waals surface area (Å²) in [6.45, 7) is 3.59. The van der Waals surface area contributed by atoms with E-state index in [-0.39, 0.29) is 0 Å². The maximum Gasteiger partial charge on any atom is 0.349 e. The van der Waals surface area contributed by atoms with Crippen LogP contribution < -0.4 is 9.47 Å². The number of pyridine rings is 1. The molecule has 6 nitrogen and oxygen atoms in total. The van der Waals surface area contributed by atoms with Gasteiger partial charge in [0.1, 0.15) is 22.8 Å². The second-order valence-electron chi connectivity index (χ2n) is 5.04. The highest BCUT2D eigenvalue weighted by Gasteiger charge is 2.21. The van der Waals surface area contributed by atoms with Crippen molar-refractivity contribution in [2.24, 2.45) is 0 Å². The molecule has 2 heterocycles. The smallest absolute Gasteiger partial charge is 0.349 e. The molecule has 0 fully saturated rings. The average molecular weight is 324 g/mol. The van der Waals surface area contributed by atoms with Crippen molar-refractivity contribution in [3.05, 3.63) is 65.7 Å². The predicted octanol–water partition coefficient (Wildman–Crippen LogP) is 3.95. The lowest BCUT2D eigenvalue weighted by Crippen LogP contribution is -2.11. The van der Waals surface area contributed by atoms with E-state index in [1.54, 1.807) is 43.5 Å². The molecule has 0 bridgehead atoms. The molecular weight excluding hydrogens is 308 g/mol. The third-order valence-electron chi connectivity index (χ3n) is 3.37. The van der Waals surface area contributed by atoms with Gasteiger partial charge in [0.2, 0.25) is 5.88 Å². The molecule has 0 aliphatic carbocycles. The van der Waals surface area contributed by atoms with Crippen LogP contribution in [0.1, 0.15) is 28.7 Å². The van der Waals surface area contributed by atoms with Gasteiger partial charge in [0, 0.05) is 12.3 Å². The van der Waals surface area contributed by atoms with Gasteiger partial charge in [-0.15, -0.1) is 0 Å². The molecule has 0 spiro atoms. The molecular formula is C18H16N2O4. The van der Waals surface area contributed by atoms with Gasteiger partial charge in [0.25, 0.3) is 0 Å². The van der Waals surface area contributed by atoms with Gasteiger partial charge in [-0.25, -0.2) is 9.78 Å². The Hall–Kier alpha value is -3.15. The lowest BCUT2D eigenvalue weighted by Gasteiger charge is -2.07. The fourth-order valence-corrected chi connectivity index (χ4v) is 2.18. The van der Waals surface area contributed by atoms with Crippen LogP contribution in [0.25, 0.3) is 0 Å². The van der Waals surface area contributed by atoms with Crippen molar-refractivity contribution >= 4 is 5.97 Å². The van der Waals surface area contributed by atoms with Crippen molar-refractivity contribution in [2.45, 2.75) is 20.3 Å². The molecule has 0 amide bonds. The van der Waals surface area contributed by atoms with E-state index in [0.717, 1.165) is 0 Å². The van der Waals surface area contributed by atoms with Gasteiger partial charge in [0.15, 0.2) is 0 Å². The Morgan fingerprint density at radius 2 is 1.88 bits per heavy atom. The molecule has 3 rings (SSSR count). The van der Waals surface area contributed by atoms with Crippen LogP contribution in [0.2, 0.25) is 0 Å². The van der Waals surface area contributed by atoms with Crippen LogP contribution in [0.4, 0.5) is 0 Å². The summed E-state index contributed by atoms with van der Waals surface area (Å²) in [7, 11) is 0. The summed E-state index contributed by atoms with van der Waals surface area (Å²) < 4.78 is 16.0. The van der Waals surface area contributed by atoms with Crippen LogP contribution in [-0.4, -0.2) is 16.1 Å². The molecule has 6 heteroatoms. The molecule has 0 aliphatic heterocycles. The van der Waals surface area contributed by atoms with Gasteiger partial charge < -0.3 is 14.0 Å². The number of esters is 1. The molecule has 0 aliphatic rings. The van der Waals surface area contributed by atoms with E-state index in [0.29, 0.717) is 40.8 Å². The normalized spacial score (nSPS) is 10.4. The zero-order chi connectivity index (χ0) is 16.9. The van der Waals surface area contributed by atoms with Crippen molar-refractivity contribution in [1.82, 2.24) is 10.1 Å². The SMILES string of the molecule is CCc1noc(C)c1C(=O)Oc1ccc(Oc2ccccn2)cc1. The van der Waals surface area contributed by atoms with E-state index in [9.17, 15) is 4.79 Å². The minimum atomic E-state index is -0.482. The van der Waals surface area contributed by atoms with E-state index in [1.807, 2.05) is 19.1 Å². The van der Waals surface area contributed by atoms with Crippen molar-refractivity contribution in [1.29, 1.82) is 0 Å². The van der Waals surface area contributed by atoms with Crippen molar-refractivity contribution in [3.63, 3.8) is 0 Å². The van der Waals surface area contributed by atoms with Crippen LogP contribution in [0, 0.1) is 6.92 Å². The number of ether oxygens (including phenoxy) is 2. The average Bonchev–Trinajstić information content (AvgIpc) is 2.98. The van der Waals surface area contributed by atoms with Crippen LogP contribution in [-0.2, 0) is 6.42 Å². The highest BCUT2D eigenvalue weighted by atomic mass is 16.5. The van der Waals surface area contributed by atoms with Crippen molar-refractivity contribution in [3.8, 4) is 17.4 Å². The Kier molecular flexibility index (Phi) is 4.56. The predicted molar refractivity (Wildman–Crippen MR) is 86.3 cm³/mol. The number of carbonyl (C=O) groups excluding carboxylic acids is 1. The first-order valence-electron chi connectivity index (χ1n) is 7.53. The van der Waals surface area contributed by atoms with Crippen molar-refractivity contribution in [2.75, 3.05) is 0 Å². The summed E-state index contributed by atoms with van der Waals surface area (Å²) >= 11 is 0. The number of hydrogen-bond acceptors (Lipinski definition) is 6. The van der Waals surface area contributed by atoms with Gasteiger partial charge in [-0.05, 0) is 43.7 Å². The van der Waals surface area contributed by atoms with Crippen LogP contribution >= 0.6 is 0 Å². The summed E-state index contributed by atoms with van der Waals surface area (Å²) in [6.07, 6.45) is 2.25. The monoisotopic (exact) mass is 324 g/mol. The van der Waals surface area contributed by atoms with Gasteiger partial charge in [-0.3, -0.25) is 0 Å². The second-order valence-corrected chi connectivity index (χ2v) is 5.04. The third kappa shape index (κ3) is 3.43. The Morgan fingerprint density at radius 1 is 1.12 bits per heavy atom. The number of nitrogens with zero attached hydrogens (tertiary/aromatic N) is 2. The zero-order valence-corrected chi connectivity index (χ0v) is 13.4. The Bertz CT molecular complexity index is 826. The second kappa shape index (κ2) is 6.95. The van der Waals surface area contributed by atoms with Crippen LogP contribution in [0.3, 0.4) is 0 Å². The summed E-state index contributed by atoms with van der Waals surface area (Å²) in [5.41, 5.74) is 0.971. The summed E-state index contributed by atoms with van der Waals surface area (Å²) in [5, 5.41) is 3.86. The minimum Gasteiger partial charge on any atom is -0.439 e. The molecule has 0 N–H and O–H groups in total. The Morgan fingerprint density at radius 3 is 2.54 bits per heavy atom. The first-order valence-corrected chi connectivity index (χ1v) is 7.53. The fraction of sp³-hybridized carbons (Fsp3) is 0.167. The maximum absolute atomic E-state index is 12.3. The molecule has 24 heavy (non-hydrogen) atoms. The molecule has 0 atom stereocenters. The van der Waals surface area contributed by atoms with Gasteiger partial charge in [-0.1, -0.05) is 18.1 Å². The van der Waals surface area contributed by atoms with Crippen LogP contribution in [0.5, 0.6) is 17.4 Å². The van der Waals surface area contributed by atoms with E-state index in [1.165, 1.54) is 0 Å². The van der Waals surface area contributed by atoms with E-state index in [4.69, 9.17) is 14.0 Å². The van der Waals surface area contributed by atoms with Crippen LogP contribution in [0.15, 0.2) is 53.2 Å². The van der Waals surface area contributed by atoms with E-state index < -0.39 is 5.97 Å². The zero-order valence-electron chi connectivity index (χ0n) is 13.4. The lowest BCUT2D eigenvalue weighted by molar-refractivity contribution is 0.0732. The third-order valence-corrected chi connectivity index (χ3v) is 3.37. The van der Waals surface area contributed by atoms with E-state index >= 15 is 0 Å². The van der Waals surface area contributed by atoms with E-state index in [2.05, 4.69) is 10.1 Å². The lowest BCUT2D eigenvalue weighted by atomic mass is 10.1. The standard InChI is InChI=1S/C18H16N2O4/c1-3-15-17(12(2)24-20-15)18(21)23-14-9-7-13(8-10-14)22-16-6-4-5-11-19-16/h4-11H,3H2,1-2H3. The number of carbonyl (C=O) groups is 1. The number of aromatic nitrogens is 2. The van der Waals surface area contributed by atoms with Gasteiger partial charge >= 0.3 is 5.97 Å². The molecule has 3 aromatic rings. The number of rotatable bonds is 5. The number of benzene rings is 1. The summed E-state index contributed by atoms with van der Waals surface area (Å²) in [6, 6.07) is 12.1. The topological polar surface area (TPSA) is 74.5 Å². The highest BCUT2D eigenvalue weighted by Crippen LogP contribution is 2.23. The fourth-order valence-electron chi connectivity index (χ4n) is 2.18. The molecule has 2 aromatic heterocycles. The number of aryl methyl sites for hydroxylation is 2. The Labute approximate surface area is 139 Å². The highest BCUT2D eigenvalue weighted by molar-refractivity contribution is 5.93. The molecule has 0 saturated heterocycles. The first-order chi connectivity index (χ1) is 11.7. The maximum atomic E-state index is 12.3. The summed E-state index contributed by atoms with van der Waals surface area (Å²) in [5.74, 6) is 1.48. The minimum absolute atomic E-state index is 0.381. The molecule has 122 valence electrons. The summed E-state index contributed by atoms with van der Waals surface area (Å²) in [4.78, 5) is 16.4. The number of hydrogen-bond donors (Lipinski definition) is 0. The first kappa shape index (κ1) is 15.7. The van der Waals surface area contributed by atoms with Crippen molar-refractivity contribution < 1.29 is 18.8 Å². The molecule has 0 saturated carbocycles. The Balaban J connectivity index is 1.70. The molecule has 1 aromatic carbocycles. The largest absolute Gasteiger partial charge is 0.439 e. The molecule has 0 unspecified atom stereocenters. The van der Waals surface area contributed by atoms with Gasteiger partial charge in [-0.2, -0.15) is 0 Å². The molecule has 0 radical (unpaired) electrons. The quantitative estimate of drug-likeness (QED) is 0.522.